The van der Waals surface area contributed by atoms with Crippen LogP contribution >= 0.6 is 34.8 Å². The molecule has 2 aromatic heterocycles. The van der Waals surface area contributed by atoms with E-state index in [1.807, 2.05) is 0 Å². The lowest BCUT2D eigenvalue weighted by Crippen LogP contribution is -2.22. The molecule has 0 bridgehead atoms. The predicted octanol–water partition coefficient (Wildman–Crippen LogP) is 2.80. The summed E-state index contributed by atoms with van der Waals surface area (Å²) in [5.74, 6) is -1.32. The van der Waals surface area contributed by atoms with Crippen molar-refractivity contribution in [2.24, 2.45) is 0 Å². The Morgan fingerprint density at radius 1 is 1.23 bits per heavy atom. The number of benzene rings is 1. The zero-order chi connectivity index (χ0) is 15.9. The van der Waals surface area contributed by atoms with E-state index >= 15 is 0 Å². The van der Waals surface area contributed by atoms with Gasteiger partial charge in [-0.2, -0.15) is 5.10 Å². The highest BCUT2D eigenvalue weighted by molar-refractivity contribution is 6.36. The van der Waals surface area contributed by atoms with E-state index in [0.717, 1.165) is 0 Å². The van der Waals surface area contributed by atoms with Crippen LogP contribution in [0.25, 0.3) is 11.0 Å². The lowest BCUT2D eigenvalue weighted by Gasteiger charge is -2.08. The number of fused-ring (bicyclic) bond motifs is 1. The van der Waals surface area contributed by atoms with Gasteiger partial charge in [0.2, 0.25) is 0 Å². The highest BCUT2D eigenvalue weighted by atomic mass is 35.5. The maximum atomic E-state index is 11.0. The largest absolute Gasteiger partial charge is 0.545 e. The van der Waals surface area contributed by atoms with E-state index in [1.165, 1.54) is 16.9 Å². The molecule has 3 rings (SSSR count). The van der Waals surface area contributed by atoms with Gasteiger partial charge in [-0.1, -0.05) is 40.9 Å². The minimum Gasteiger partial charge on any atom is -0.545 e. The first kappa shape index (κ1) is 15.1. The summed E-state index contributed by atoms with van der Waals surface area (Å²) in [6.07, 6.45) is 1.18. The molecule has 0 atom stereocenters. The Morgan fingerprint density at radius 3 is 2.55 bits per heavy atom. The van der Waals surface area contributed by atoms with Gasteiger partial charge in [-0.15, -0.1) is 0 Å². The summed E-state index contributed by atoms with van der Waals surface area (Å²) in [5.41, 5.74) is 1.46. The molecule has 5 nitrogen and oxygen atoms in total. The molecule has 1 aromatic carbocycles. The monoisotopic (exact) mass is 354 g/mol. The van der Waals surface area contributed by atoms with Gasteiger partial charge < -0.3 is 9.90 Å². The molecule has 0 aliphatic rings. The fourth-order valence-corrected chi connectivity index (χ4v) is 2.84. The third-order valence-electron chi connectivity index (χ3n) is 3.15. The lowest BCUT2D eigenvalue weighted by atomic mass is 10.2. The van der Waals surface area contributed by atoms with Gasteiger partial charge >= 0.3 is 0 Å². The van der Waals surface area contributed by atoms with E-state index in [4.69, 9.17) is 34.8 Å². The zero-order valence-corrected chi connectivity index (χ0v) is 13.2. The Labute approximate surface area is 140 Å². The van der Waals surface area contributed by atoms with Gasteiger partial charge in [-0.3, -0.25) is 9.67 Å². The molecule has 0 N–H and O–H groups in total. The fourth-order valence-electron chi connectivity index (χ4n) is 2.08. The van der Waals surface area contributed by atoms with E-state index in [0.29, 0.717) is 26.6 Å². The topological polar surface area (TPSA) is 70.8 Å². The molecule has 0 fully saturated rings. The van der Waals surface area contributed by atoms with E-state index in [2.05, 4.69) is 10.1 Å². The van der Waals surface area contributed by atoms with Crippen LogP contribution in [0.1, 0.15) is 15.9 Å². The third-order valence-corrected chi connectivity index (χ3v) is 4.12. The molecule has 112 valence electrons. The second-order valence-electron chi connectivity index (χ2n) is 4.53. The second-order valence-corrected chi connectivity index (χ2v) is 5.70. The highest BCUT2D eigenvalue weighted by Crippen LogP contribution is 2.28. The van der Waals surface area contributed by atoms with Crippen molar-refractivity contribution in [3.05, 3.63) is 56.8 Å². The Kier molecular flexibility index (Phi) is 3.95. The highest BCUT2D eigenvalue weighted by Gasteiger charge is 2.14. The van der Waals surface area contributed by atoms with Crippen LogP contribution in [0.4, 0.5) is 0 Å². The van der Waals surface area contributed by atoms with Gasteiger partial charge in [-0.25, -0.2) is 0 Å². The summed E-state index contributed by atoms with van der Waals surface area (Å²) in [6.45, 7) is 0.236. The number of pyridine rings is 1. The Morgan fingerprint density at radius 2 is 1.91 bits per heavy atom. The van der Waals surface area contributed by atoms with Crippen molar-refractivity contribution in [1.82, 2.24) is 14.8 Å². The van der Waals surface area contributed by atoms with Crippen LogP contribution < -0.4 is 5.11 Å². The van der Waals surface area contributed by atoms with Crippen molar-refractivity contribution in [2.75, 3.05) is 0 Å². The number of carboxylic acid groups (broad SMARTS) is 1. The maximum Gasteiger partial charge on any atom is 0.177 e. The molecule has 0 unspecified atom stereocenters. The summed E-state index contributed by atoms with van der Waals surface area (Å²) in [7, 11) is 0. The Hall–Kier alpha value is -1.82. The average Bonchev–Trinajstić information content (AvgIpc) is 2.79. The number of carbonyl (C=O) groups excluding carboxylic acids is 1. The standard InChI is InChI=1S/C14H8Cl3N3O2/c15-9-2-1-3-10(16)8(9)6-20-11-4-7(14(21)22)5-18-12(11)13(17)19-20/h1-5H,6H2,(H,21,22)/p-1. The molecular weight excluding hydrogens is 349 g/mol. The average molecular weight is 356 g/mol. The van der Waals surface area contributed by atoms with Crippen molar-refractivity contribution in [2.45, 2.75) is 6.54 Å². The van der Waals surface area contributed by atoms with E-state index in [-0.39, 0.29) is 17.3 Å². The van der Waals surface area contributed by atoms with Gasteiger partial charge in [0, 0.05) is 27.4 Å². The van der Waals surface area contributed by atoms with Crippen LogP contribution in [0.2, 0.25) is 15.2 Å². The zero-order valence-electron chi connectivity index (χ0n) is 10.9. The normalized spacial score (nSPS) is 11.0. The molecule has 0 spiro atoms. The Bertz CT molecular complexity index is 872. The smallest absolute Gasteiger partial charge is 0.177 e. The van der Waals surface area contributed by atoms with E-state index in [1.54, 1.807) is 18.2 Å². The first-order chi connectivity index (χ1) is 10.5. The number of halogens is 3. The van der Waals surface area contributed by atoms with Gasteiger partial charge in [0.05, 0.1) is 18.0 Å². The molecule has 0 saturated carbocycles. The van der Waals surface area contributed by atoms with Crippen LogP contribution in [0.3, 0.4) is 0 Å². The van der Waals surface area contributed by atoms with Gasteiger partial charge in [0.15, 0.2) is 5.15 Å². The minimum atomic E-state index is -1.32. The molecule has 0 saturated heterocycles. The van der Waals surface area contributed by atoms with Crippen LogP contribution in [-0.4, -0.2) is 20.7 Å². The van der Waals surface area contributed by atoms with Crippen molar-refractivity contribution >= 4 is 51.8 Å². The van der Waals surface area contributed by atoms with Crippen LogP contribution in [0, 0.1) is 0 Å². The summed E-state index contributed by atoms with van der Waals surface area (Å²) in [6, 6.07) is 6.56. The quantitative estimate of drug-likeness (QED) is 0.724. The molecule has 0 radical (unpaired) electrons. The molecule has 0 aliphatic heterocycles. The molecule has 22 heavy (non-hydrogen) atoms. The molecule has 0 amide bonds. The SMILES string of the molecule is O=C([O-])c1cnc2c(Cl)nn(Cc3c(Cl)cccc3Cl)c2c1. The third kappa shape index (κ3) is 2.63. The van der Waals surface area contributed by atoms with Gasteiger partial charge in [0.1, 0.15) is 5.52 Å². The van der Waals surface area contributed by atoms with Gasteiger partial charge in [0.25, 0.3) is 0 Å². The minimum absolute atomic E-state index is 0.0597. The first-order valence-corrected chi connectivity index (χ1v) is 7.27. The number of carboxylic acids is 1. The van der Waals surface area contributed by atoms with Crippen LogP contribution in [0.15, 0.2) is 30.5 Å². The molecule has 3 aromatic rings. The molecule has 2 heterocycles. The first-order valence-electron chi connectivity index (χ1n) is 6.13. The second kappa shape index (κ2) is 5.76. The predicted molar refractivity (Wildman–Crippen MR) is 82.4 cm³/mol. The number of carbonyl (C=O) groups is 1. The molecule has 8 heteroatoms. The lowest BCUT2D eigenvalue weighted by molar-refractivity contribution is -0.255. The van der Waals surface area contributed by atoms with E-state index in [9.17, 15) is 9.90 Å². The van der Waals surface area contributed by atoms with Crippen molar-refractivity contribution in [1.29, 1.82) is 0 Å². The number of hydrogen-bond donors (Lipinski definition) is 0. The summed E-state index contributed by atoms with van der Waals surface area (Å²) in [5, 5.41) is 16.3. The van der Waals surface area contributed by atoms with Crippen molar-refractivity contribution < 1.29 is 9.90 Å². The Balaban J connectivity index is 2.14. The maximum absolute atomic E-state index is 11.0. The van der Waals surface area contributed by atoms with Crippen LogP contribution in [0.5, 0.6) is 0 Å². The van der Waals surface area contributed by atoms with Crippen LogP contribution in [-0.2, 0) is 6.54 Å². The summed E-state index contributed by atoms with van der Waals surface area (Å²) < 4.78 is 1.50. The van der Waals surface area contributed by atoms with E-state index < -0.39 is 5.97 Å². The van der Waals surface area contributed by atoms with Gasteiger partial charge in [-0.05, 0) is 18.2 Å². The fraction of sp³-hybridized carbons (Fsp3) is 0.0714. The summed E-state index contributed by atoms with van der Waals surface area (Å²) in [4.78, 5) is 15.0. The molecule has 0 aliphatic carbocycles. The number of nitrogens with zero attached hydrogens (tertiary/aromatic N) is 3. The number of rotatable bonds is 3. The van der Waals surface area contributed by atoms with Crippen molar-refractivity contribution in [3.8, 4) is 0 Å². The summed E-state index contributed by atoms with van der Waals surface area (Å²) >= 11 is 18.3. The number of aromatic nitrogens is 3. The molecular formula is C14H7Cl3N3O2-. The van der Waals surface area contributed by atoms with Crippen molar-refractivity contribution in [3.63, 3.8) is 0 Å². The number of aromatic carboxylic acids is 1. The number of hydrogen-bond acceptors (Lipinski definition) is 4.